The average Bonchev–Trinajstić information content (AvgIpc) is 3.13. The summed E-state index contributed by atoms with van der Waals surface area (Å²) in [6, 6.07) is 13.5. The molecule has 0 fully saturated rings. The van der Waals surface area contributed by atoms with Gasteiger partial charge >= 0.3 is 0 Å². The van der Waals surface area contributed by atoms with Crippen molar-refractivity contribution in [3.05, 3.63) is 62.9 Å². The fourth-order valence-electron chi connectivity index (χ4n) is 2.91. The molecule has 0 bridgehead atoms. The van der Waals surface area contributed by atoms with E-state index in [4.69, 9.17) is 9.47 Å². The van der Waals surface area contributed by atoms with Gasteiger partial charge in [0.15, 0.2) is 16.5 Å². The Balaban J connectivity index is 1.94. The van der Waals surface area contributed by atoms with Crippen molar-refractivity contribution in [2.75, 3.05) is 13.2 Å². The van der Waals surface area contributed by atoms with Crippen LogP contribution in [-0.2, 0) is 0 Å². The second-order valence-electron chi connectivity index (χ2n) is 5.71. The topological polar surface area (TPSA) is 52.8 Å². The number of hydrogen-bond acceptors (Lipinski definition) is 5. The fraction of sp³-hybridized carbons (Fsp3) is 0.200. The van der Waals surface area contributed by atoms with Gasteiger partial charge in [-0.1, -0.05) is 41.7 Å². The molecule has 2 aromatic heterocycles. The maximum absolute atomic E-state index is 12.9. The van der Waals surface area contributed by atoms with Gasteiger partial charge in [0, 0.05) is 12.1 Å². The van der Waals surface area contributed by atoms with Crippen molar-refractivity contribution >= 4 is 33.4 Å². The molecule has 2 aromatic carbocycles. The van der Waals surface area contributed by atoms with Crippen LogP contribution in [0.5, 0.6) is 11.5 Å². The number of aromatic nitrogens is 2. The van der Waals surface area contributed by atoms with Gasteiger partial charge in [-0.15, -0.1) is 0 Å². The van der Waals surface area contributed by atoms with E-state index in [9.17, 15) is 4.79 Å². The molecule has 0 amide bonds. The maximum Gasteiger partial charge on any atom is 0.274 e. The van der Waals surface area contributed by atoms with E-state index in [-0.39, 0.29) is 5.56 Å². The number of thiazole rings is 1. The van der Waals surface area contributed by atoms with E-state index in [1.807, 2.05) is 62.4 Å². The van der Waals surface area contributed by atoms with E-state index in [0.29, 0.717) is 34.2 Å². The normalized spacial score (nSPS) is 12.2. The van der Waals surface area contributed by atoms with E-state index < -0.39 is 0 Å². The zero-order valence-corrected chi connectivity index (χ0v) is 15.4. The molecule has 0 spiro atoms. The predicted octanol–water partition coefficient (Wildman–Crippen LogP) is 3.25. The molecule has 0 N–H and O–H groups in total. The summed E-state index contributed by atoms with van der Waals surface area (Å²) in [4.78, 5) is 18.2. The van der Waals surface area contributed by atoms with Gasteiger partial charge < -0.3 is 9.47 Å². The van der Waals surface area contributed by atoms with Gasteiger partial charge in [0.2, 0.25) is 0 Å². The molecule has 0 aliphatic carbocycles. The first-order valence-electron chi connectivity index (χ1n) is 8.52. The first kappa shape index (κ1) is 16.6. The van der Waals surface area contributed by atoms with Crippen molar-refractivity contribution in [3.63, 3.8) is 0 Å². The summed E-state index contributed by atoms with van der Waals surface area (Å²) in [6.07, 6.45) is 1.89. The van der Waals surface area contributed by atoms with Crippen molar-refractivity contribution in [3.8, 4) is 11.5 Å². The van der Waals surface area contributed by atoms with E-state index in [1.54, 1.807) is 4.40 Å². The lowest BCUT2D eigenvalue weighted by Gasteiger charge is -2.10. The summed E-state index contributed by atoms with van der Waals surface area (Å²) < 4.78 is 13.6. The van der Waals surface area contributed by atoms with Crippen LogP contribution in [0.1, 0.15) is 19.4 Å². The highest BCUT2D eigenvalue weighted by Gasteiger charge is 2.15. The lowest BCUT2D eigenvalue weighted by atomic mass is 10.2. The van der Waals surface area contributed by atoms with Crippen LogP contribution in [0.25, 0.3) is 22.1 Å². The number of nitrogens with zero attached hydrogens (tertiary/aromatic N) is 2. The Bertz CT molecular complexity index is 1180. The summed E-state index contributed by atoms with van der Waals surface area (Å²) >= 11 is 1.39. The molecule has 0 aliphatic rings. The van der Waals surface area contributed by atoms with Crippen LogP contribution in [0.4, 0.5) is 0 Å². The minimum atomic E-state index is -0.0667. The zero-order chi connectivity index (χ0) is 18.1. The third-order valence-corrected chi connectivity index (χ3v) is 4.97. The fourth-order valence-corrected chi connectivity index (χ4v) is 3.90. The van der Waals surface area contributed by atoms with E-state index in [2.05, 4.69) is 4.98 Å². The molecular formula is C20H18N2O3S. The Hall–Kier alpha value is -2.86. The molecule has 0 saturated carbocycles. The molecular weight excluding hydrogens is 348 g/mol. The Morgan fingerprint density at radius 3 is 2.46 bits per heavy atom. The van der Waals surface area contributed by atoms with Crippen LogP contribution in [0.3, 0.4) is 0 Å². The Kier molecular flexibility index (Phi) is 4.34. The molecule has 0 radical (unpaired) electrons. The Morgan fingerprint density at radius 2 is 1.77 bits per heavy atom. The van der Waals surface area contributed by atoms with E-state index in [0.717, 1.165) is 16.6 Å². The first-order valence-corrected chi connectivity index (χ1v) is 9.34. The minimum absolute atomic E-state index is 0.0667. The molecule has 26 heavy (non-hydrogen) atoms. The van der Waals surface area contributed by atoms with Crippen molar-refractivity contribution < 1.29 is 9.47 Å². The van der Waals surface area contributed by atoms with Crippen molar-refractivity contribution in [1.29, 1.82) is 0 Å². The lowest BCUT2D eigenvalue weighted by molar-refractivity contribution is 0.288. The summed E-state index contributed by atoms with van der Waals surface area (Å²) in [5, 5.41) is 0. The number of imidazole rings is 1. The van der Waals surface area contributed by atoms with Crippen LogP contribution in [0.2, 0.25) is 0 Å². The van der Waals surface area contributed by atoms with Crippen molar-refractivity contribution in [2.24, 2.45) is 0 Å². The molecule has 0 saturated heterocycles. The highest BCUT2D eigenvalue weighted by Crippen LogP contribution is 2.32. The monoisotopic (exact) mass is 366 g/mol. The summed E-state index contributed by atoms with van der Waals surface area (Å²) in [5.74, 6) is 1.28. The molecule has 5 nitrogen and oxygen atoms in total. The third-order valence-electron chi connectivity index (χ3n) is 4.00. The highest BCUT2D eigenvalue weighted by atomic mass is 32.1. The molecule has 4 rings (SSSR count). The van der Waals surface area contributed by atoms with Gasteiger partial charge in [-0.3, -0.25) is 4.79 Å². The average molecular weight is 366 g/mol. The SMILES string of the molecule is CCOc1cc2nc3sc(=Cc4ccccc4)c(=O)n3c2cc1OCC. The molecule has 132 valence electrons. The van der Waals surface area contributed by atoms with Gasteiger partial charge in [-0.2, -0.15) is 0 Å². The molecule has 0 unspecified atom stereocenters. The van der Waals surface area contributed by atoms with Crippen LogP contribution in [0, 0.1) is 0 Å². The Labute approximate surface area is 154 Å². The second-order valence-corrected chi connectivity index (χ2v) is 6.72. The minimum Gasteiger partial charge on any atom is -0.490 e. The molecule has 4 aromatic rings. The molecule has 6 heteroatoms. The van der Waals surface area contributed by atoms with Gasteiger partial charge in [-0.05, 0) is 25.5 Å². The maximum atomic E-state index is 12.9. The largest absolute Gasteiger partial charge is 0.490 e. The van der Waals surface area contributed by atoms with E-state index in [1.165, 1.54) is 11.3 Å². The Morgan fingerprint density at radius 1 is 1.08 bits per heavy atom. The summed E-state index contributed by atoms with van der Waals surface area (Å²) in [6.45, 7) is 4.90. The second kappa shape index (κ2) is 6.80. The molecule has 2 heterocycles. The number of benzene rings is 2. The summed E-state index contributed by atoms with van der Waals surface area (Å²) in [7, 11) is 0. The van der Waals surface area contributed by atoms with Gasteiger partial charge in [-0.25, -0.2) is 9.38 Å². The smallest absolute Gasteiger partial charge is 0.274 e. The quantitative estimate of drug-likeness (QED) is 0.544. The standard InChI is InChI=1S/C20H18N2O3S/c1-3-24-16-11-14-15(12-17(16)25-4-2)22-19(23)18(26-20(22)21-14)10-13-8-6-5-7-9-13/h5-12H,3-4H2,1-2H3. The van der Waals surface area contributed by atoms with Crippen molar-refractivity contribution in [1.82, 2.24) is 9.38 Å². The lowest BCUT2D eigenvalue weighted by Crippen LogP contribution is -2.22. The van der Waals surface area contributed by atoms with Gasteiger partial charge in [0.05, 0.1) is 28.8 Å². The van der Waals surface area contributed by atoms with Crippen LogP contribution in [0.15, 0.2) is 47.3 Å². The van der Waals surface area contributed by atoms with Crippen LogP contribution >= 0.6 is 11.3 Å². The first-order chi connectivity index (χ1) is 12.7. The van der Waals surface area contributed by atoms with Crippen LogP contribution in [-0.4, -0.2) is 22.6 Å². The molecule has 0 aliphatic heterocycles. The number of hydrogen-bond donors (Lipinski definition) is 0. The number of rotatable bonds is 5. The highest BCUT2D eigenvalue weighted by molar-refractivity contribution is 7.15. The van der Waals surface area contributed by atoms with Crippen molar-refractivity contribution in [2.45, 2.75) is 13.8 Å². The molecule has 0 atom stereocenters. The zero-order valence-electron chi connectivity index (χ0n) is 14.6. The van der Waals surface area contributed by atoms with Gasteiger partial charge in [0.25, 0.3) is 5.56 Å². The number of ether oxygens (including phenoxy) is 2. The van der Waals surface area contributed by atoms with E-state index >= 15 is 0 Å². The predicted molar refractivity (Wildman–Crippen MR) is 104 cm³/mol. The number of fused-ring (bicyclic) bond motifs is 3. The third kappa shape index (κ3) is 2.82. The van der Waals surface area contributed by atoms with Gasteiger partial charge in [0.1, 0.15) is 0 Å². The summed E-state index contributed by atoms with van der Waals surface area (Å²) in [5.41, 5.74) is 2.39. The van der Waals surface area contributed by atoms with Crippen LogP contribution < -0.4 is 19.6 Å².